The molecule has 0 aromatic carbocycles. The van der Waals surface area contributed by atoms with Gasteiger partial charge in [0.2, 0.25) is 0 Å². The summed E-state index contributed by atoms with van der Waals surface area (Å²) in [6.45, 7) is 0. The maximum absolute atomic E-state index is 9.25. The van der Waals surface area contributed by atoms with Crippen molar-refractivity contribution in [2.75, 3.05) is 7.05 Å². The van der Waals surface area contributed by atoms with Crippen molar-refractivity contribution in [3.63, 3.8) is 0 Å². The monoisotopic (exact) mass is 75.0 g/mol. The van der Waals surface area contributed by atoms with Gasteiger partial charge in [0.1, 0.15) is 0 Å². The van der Waals surface area contributed by atoms with Gasteiger partial charge in [-0.3, -0.25) is 0 Å². The number of nitrogens with zero attached hydrogens (tertiary/aromatic N) is 2. The lowest BCUT2D eigenvalue weighted by Crippen LogP contribution is -1.94. The zero-order valence-corrected chi connectivity index (χ0v) is 2.71. The second-order valence-electron chi connectivity index (χ2n) is 0.546. The highest BCUT2D eigenvalue weighted by Gasteiger charge is 1.57. The molecule has 0 saturated carbocycles. The van der Waals surface area contributed by atoms with Crippen LogP contribution in [0.1, 0.15) is 0 Å². The van der Waals surface area contributed by atoms with Gasteiger partial charge in [0, 0.05) is 12.3 Å². The molecule has 0 N–H and O–H groups in total. The fourth-order valence-corrected chi connectivity index (χ4v) is 0. The van der Waals surface area contributed by atoms with Gasteiger partial charge in [-0.1, -0.05) is 0 Å². The molecule has 5 heavy (non-hydrogen) atoms. The predicted octanol–water partition coefficient (Wildman–Crippen LogP) is 0.0974. The first-order chi connectivity index (χ1) is 2.27. The molecule has 4 heteroatoms. The first kappa shape index (κ1) is 4.36. The highest BCUT2D eigenvalue weighted by atomic mass is 16.6. The Morgan fingerprint density at radius 1 is 2.00 bits per heavy atom. The van der Waals surface area contributed by atoms with Gasteiger partial charge in [-0.25, -0.2) is 0 Å². The Balaban J connectivity index is 2.83. The van der Waals surface area contributed by atoms with Gasteiger partial charge in [0.15, 0.2) is 0 Å². The second kappa shape index (κ2) is 1.66. The summed E-state index contributed by atoms with van der Waals surface area (Å²) in [7, 11) is 1.02. The molecule has 0 bridgehead atoms. The Morgan fingerprint density at radius 3 is 2.20 bits per heavy atom. The average Bonchev–Trinajstić information content (AvgIpc) is 1.38. The van der Waals surface area contributed by atoms with Gasteiger partial charge in [-0.05, 0) is 0 Å². The van der Waals surface area contributed by atoms with E-state index in [9.17, 15) is 5.21 Å². The average molecular weight is 75.0 g/mol. The summed E-state index contributed by atoms with van der Waals surface area (Å²) < 4.78 is 0. The highest BCUT2D eigenvalue weighted by Crippen LogP contribution is 1.67. The summed E-state index contributed by atoms with van der Waals surface area (Å²) in [5.41, 5.74) is 0. The van der Waals surface area contributed by atoms with Crippen LogP contribution in [0.3, 0.4) is 0 Å². The van der Waals surface area contributed by atoms with Crippen LogP contribution in [0, 0.1) is 10.1 Å². The summed E-state index contributed by atoms with van der Waals surface area (Å²) in [6.07, 6.45) is 0. The Kier molecular flexibility index (Phi) is 1.45. The first-order valence-electron chi connectivity index (χ1n) is 1.01. The topological polar surface area (TPSA) is 55.7 Å². The van der Waals surface area contributed by atoms with Gasteiger partial charge < -0.3 is 10.4 Å². The summed E-state index contributed by atoms with van der Waals surface area (Å²) in [5.74, 6) is 0. The number of rotatable bonds is 1. The fraction of sp³-hybridized carbons (Fsp3) is 1.00. The van der Waals surface area contributed by atoms with Crippen LogP contribution in [0.2, 0.25) is 0 Å². The van der Waals surface area contributed by atoms with Crippen LogP contribution in [-0.4, -0.2) is 12.2 Å². The summed E-state index contributed by atoms with van der Waals surface area (Å²) in [6, 6.07) is 0. The SMILES string of the molecule is CN([O-])N=O. The smallest absolute Gasteiger partial charge is 0.0411 e. The van der Waals surface area contributed by atoms with Crippen molar-refractivity contribution < 1.29 is 0 Å². The second-order valence-corrected chi connectivity index (χ2v) is 0.546. The van der Waals surface area contributed by atoms with Crippen molar-refractivity contribution in [2.45, 2.75) is 0 Å². The van der Waals surface area contributed by atoms with E-state index in [4.69, 9.17) is 4.91 Å². The van der Waals surface area contributed by atoms with E-state index in [0.29, 0.717) is 0 Å². The van der Waals surface area contributed by atoms with Crippen molar-refractivity contribution in [1.82, 2.24) is 5.17 Å². The minimum Gasteiger partial charge on any atom is -0.740 e. The van der Waals surface area contributed by atoms with E-state index in [2.05, 4.69) is 0 Å². The zero-order chi connectivity index (χ0) is 4.28. The van der Waals surface area contributed by atoms with Crippen LogP contribution < -0.4 is 0 Å². The first-order valence-corrected chi connectivity index (χ1v) is 1.01. The predicted molar refractivity (Wildman–Crippen MR) is 16.9 cm³/mol. The number of hydroxylamine groups is 1. The maximum atomic E-state index is 9.25. The van der Waals surface area contributed by atoms with Crippen molar-refractivity contribution in [1.29, 1.82) is 0 Å². The summed E-state index contributed by atoms with van der Waals surface area (Å²) in [4.78, 5) is 8.87. The van der Waals surface area contributed by atoms with Crippen LogP contribution in [0.25, 0.3) is 0 Å². The number of nitroso groups, excluding NO2 is 1. The normalized spacial score (nSPS) is 6.80. The highest BCUT2D eigenvalue weighted by molar-refractivity contribution is 4.30. The van der Waals surface area contributed by atoms with Crippen LogP contribution in [-0.2, 0) is 0 Å². The van der Waals surface area contributed by atoms with E-state index in [-0.39, 0.29) is 5.17 Å². The lowest BCUT2D eigenvalue weighted by Gasteiger charge is -2.08. The van der Waals surface area contributed by atoms with Crippen molar-refractivity contribution in [3.8, 4) is 0 Å². The van der Waals surface area contributed by atoms with E-state index in [1.54, 1.807) is 0 Å². The molecule has 0 amide bonds. The minimum absolute atomic E-state index is 0.0556. The largest absolute Gasteiger partial charge is 0.740 e. The Bertz CT molecular complexity index is 34.6. The molecular formula is CH3N2O2-. The third-order valence-corrected chi connectivity index (χ3v) is 0.115. The Hall–Kier alpha value is -0.640. The fourth-order valence-electron chi connectivity index (χ4n) is 0. The molecule has 0 atom stereocenters. The zero-order valence-electron chi connectivity index (χ0n) is 2.71. The van der Waals surface area contributed by atoms with Crippen molar-refractivity contribution in [2.24, 2.45) is 5.29 Å². The number of hydrogen-bond donors (Lipinski definition) is 0. The molecule has 30 valence electrons. The molecule has 0 heterocycles. The molecular weight excluding hydrogens is 72.0 g/mol. The lowest BCUT2D eigenvalue weighted by atomic mass is 11.5. The van der Waals surface area contributed by atoms with Gasteiger partial charge in [-0.15, -0.1) is 4.91 Å². The van der Waals surface area contributed by atoms with Gasteiger partial charge >= 0.3 is 0 Å². The van der Waals surface area contributed by atoms with E-state index in [0.717, 1.165) is 7.05 Å². The molecule has 0 saturated heterocycles. The van der Waals surface area contributed by atoms with Gasteiger partial charge in [0.05, 0.1) is 0 Å². The molecule has 0 aliphatic rings. The summed E-state index contributed by atoms with van der Waals surface area (Å²) in [5, 5.41) is 11.1. The standard InChI is InChI=1S/CH3N2O2/c1-3(5)2-4/h1H3/q-1. The molecule has 0 aromatic rings. The van der Waals surface area contributed by atoms with E-state index in [1.165, 1.54) is 0 Å². The molecule has 0 aliphatic carbocycles. The molecule has 0 fully saturated rings. The molecule has 0 rings (SSSR count). The van der Waals surface area contributed by atoms with Crippen molar-refractivity contribution in [3.05, 3.63) is 10.1 Å². The van der Waals surface area contributed by atoms with E-state index >= 15 is 0 Å². The van der Waals surface area contributed by atoms with E-state index in [1.807, 2.05) is 5.29 Å². The molecule has 0 spiro atoms. The Labute approximate surface area is 28.9 Å². The van der Waals surface area contributed by atoms with Crippen LogP contribution in [0.4, 0.5) is 0 Å². The van der Waals surface area contributed by atoms with Crippen LogP contribution in [0.15, 0.2) is 5.29 Å². The molecule has 0 aliphatic heterocycles. The third-order valence-electron chi connectivity index (χ3n) is 0.115. The summed E-state index contributed by atoms with van der Waals surface area (Å²) >= 11 is 0. The molecule has 4 nitrogen and oxygen atoms in total. The molecule has 0 radical (unpaired) electrons. The van der Waals surface area contributed by atoms with Gasteiger partial charge in [0.25, 0.3) is 0 Å². The maximum Gasteiger partial charge on any atom is 0.0411 e. The Morgan fingerprint density at radius 2 is 2.20 bits per heavy atom. The minimum atomic E-state index is -0.0556. The molecule has 0 aromatic heterocycles. The lowest BCUT2D eigenvalue weighted by molar-refractivity contribution is 0.486. The van der Waals surface area contributed by atoms with Crippen LogP contribution >= 0.6 is 0 Å². The van der Waals surface area contributed by atoms with E-state index < -0.39 is 0 Å². The molecule has 0 unspecified atom stereocenters. The van der Waals surface area contributed by atoms with Crippen molar-refractivity contribution >= 4 is 0 Å². The third kappa shape index (κ3) is 3.36. The number of hydrogen-bond acceptors (Lipinski definition) is 3. The van der Waals surface area contributed by atoms with Crippen LogP contribution in [0.5, 0.6) is 0 Å². The van der Waals surface area contributed by atoms with Gasteiger partial charge in [-0.2, -0.15) is 0 Å². The quantitative estimate of drug-likeness (QED) is 0.328.